The van der Waals surface area contributed by atoms with Gasteiger partial charge >= 0.3 is 0 Å². The molecule has 0 saturated heterocycles. The van der Waals surface area contributed by atoms with E-state index in [2.05, 4.69) is 4.98 Å². The molecule has 0 aliphatic carbocycles. The SMILES string of the molecule is N#CC(O)c1cn2ccccc2n1. The number of aliphatic hydroxyl groups is 1. The second-order valence-corrected chi connectivity index (χ2v) is 2.66. The molecule has 1 atom stereocenters. The van der Waals surface area contributed by atoms with Crippen molar-refractivity contribution in [3.8, 4) is 6.07 Å². The van der Waals surface area contributed by atoms with E-state index in [9.17, 15) is 5.11 Å². The molecule has 2 rings (SSSR count). The fraction of sp³-hybridized carbons (Fsp3) is 0.111. The van der Waals surface area contributed by atoms with Crippen LogP contribution in [-0.4, -0.2) is 14.5 Å². The van der Waals surface area contributed by atoms with Crippen molar-refractivity contribution >= 4 is 5.65 Å². The van der Waals surface area contributed by atoms with Gasteiger partial charge in [0, 0.05) is 12.4 Å². The van der Waals surface area contributed by atoms with Gasteiger partial charge in [-0.05, 0) is 12.1 Å². The van der Waals surface area contributed by atoms with Crippen molar-refractivity contribution in [2.75, 3.05) is 0 Å². The van der Waals surface area contributed by atoms with Crippen LogP contribution in [0.4, 0.5) is 0 Å². The van der Waals surface area contributed by atoms with Gasteiger partial charge in [0.15, 0.2) is 6.10 Å². The molecule has 13 heavy (non-hydrogen) atoms. The molecule has 0 aliphatic heterocycles. The summed E-state index contributed by atoms with van der Waals surface area (Å²) in [5, 5.41) is 17.7. The van der Waals surface area contributed by atoms with Gasteiger partial charge in [-0.3, -0.25) is 0 Å². The number of hydrogen-bond acceptors (Lipinski definition) is 3. The first-order chi connectivity index (χ1) is 6.31. The van der Waals surface area contributed by atoms with Gasteiger partial charge in [-0.2, -0.15) is 5.26 Å². The average Bonchev–Trinajstić information content (AvgIpc) is 2.59. The number of nitriles is 1. The van der Waals surface area contributed by atoms with Gasteiger partial charge in [0.1, 0.15) is 17.4 Å². The van der Waals surface area contributed by atoms with Gasteiger partial charge in [0.25, 0.3) is 0 Å². The summed E-state index contributed by atoms with van der Waals surface area (Å²) in [5.74, 6) is 0. The van der Waals surface area contributed by atoms with E-state index in [1.165, 1.54) is 0 Å². The van der Waals surface area contributed by atoms with Crippen LogP contribution in [0, 0.1) is 11.3 Å². The molecule has 0 bridgehead atoms. The number of pyridine rings is 1. The normalized spacial score (nSPS) is 12.6. The van der Waals surface area contributed by atoms with Crippen LogP contribution in [0.25, 0.3) is 5.65 Å². The first-order valence-corrected chi connectivity index (χ1v) is 3.82. The molecule has 2 heterocycles. The number of imidazole rings is 1. The second kappa shape index (κ2) is 2.88. The highest BCUT2D eigenvalue weighted by molar-refractivity contribution is 5.40. The third-order valence-corrected chi connectivity index (χ3v) is 1.79. The van der Waals surface area contributed by atoms with E-state index in [1.807, 2.05) is 24.4 Å². The Labute approximate surface area is 74.7 Å². The van der Waals surface area contributed by atoms with Crippen LogP contribution in [0.5, 0.6) is 0 Å². The highest BCUT2D eigenvalue weighted by atomic mass is 16.3. The second-order valence-electron chi connectivity index (χ2n) is 2.66. The molecule has 64 valence electrons. The molecule has 4 heteroatoms. The Balaban J connectivity index is 2.57. The largest absolute Gasteiger partial charge is 0.373 e. The average molecular weight is 173 g/mol. The van der Waals surface area contributed by atoms with Crippen molar-refractivity contribution < 1.29 is 5.11 Å². The van der Waals surface area contributed by atoms with E-state index in [4.69, 9.17) is 5.26 Å². The minimum absolute atomic E-state index is 0.383. The molecule has 2 aromatic rings. The maximum absolute atomic E-state index is 9.19. The van der Waals surface area contributed by atoms with E-state index in [0.29, 0.717) is 5.69 Å². The van der Waals surface area contributed by atoms with Crippen LogP contribution in [0.1, 0.15) is 11.8 Å². The standard InChI is InChI=1S/C9H7N3O/c10-5-8(13)7-6-12-4-2-1-3-9(12)11-7/h1-4,6,8,13H. The first-order valence-electron chi connectivity index (χ1n) is 3.82. The van der Waals surface area contributed by atoms with Gasteiger partial charge in [-0.25, -0.2) is 4.98 Å². The Hall–Kier alpha value is -1.86. The Morgan fingerprint density at radius 3 is 3.08 bits per heavy atom. The Kier molecular flexibility index (Phi) is 1.72. The zero-order chi connectivity index (χ0) is 9.26. The maximum Gasteiger partial charge on any atom is 0.184 e. The summed E-state index contributed by atoms with van der Waals surface area (Å²) in [5.41, 5.74) is 1.11. The van der Waals surface area contributed by atoms with Crippen molar-refractivity contribution in [1.29, 1.82) is 5.26 Å². The van der Waals surface area contributed by atoms with Gasteiger partial charge < -0.3 is 9.51 Å². The summed E-state index contributed by atoms with van der Waals surface area (Å²) in [6, 6.07) is 7.25. The molecule has 0 spiro atoms. The lowest BCUT2D eigenvalue weighted by atomic mass is 10.3. The number of hydrogen-bond donors (Lipinski definition) is 1. The summed E-state index contributed by atoms with van der Waals surface area (Å²) >= 11 is 0. The lowest BCUT2D eigenvalue weighted by Crippen LogP contribution is -1.92. The summed E-state index contributed by atoms with van der Waals surface area (Å²) < 4.78 is 1.76. The van der Waals surface area contributed by atoms with Crippen LogP contribution < -0.4 is 0 Å². The van der Waals surface area contributed by atoms with Crippen molar-refractivity contribution in [3.05, 3.63) is 36.3 Å². The summed E-state index contributed by atoms with van der Waals surface area (Å²) in [6.07, 6.45) is 2.32. The molecule has 0 fully saturated rings. The lowest BCUT2D eigenvalue weighted by molar-refractivity contribution is 0.231. The molecule has 4 nitrogen and oxygen atoms in total. The highest BCUT2D eigenvalue weighted by Gasteiger charge is 2.09. The molecule has 0 aliphatic rings. The first kappa shape index (κ1) is 7.77. The fourth-order valence-corrected chi connectivity index (χ4v) is 1.15. The van der Waals surface area contributed by atoms with Crippen LogP contribution >= 0.6 is 0 Å². The Morgan fingerprint density at radius 2 is 2.38 bits per heavy atom. The predicted octanol–water partition coefficient (Wildman–Crippen LogP) is 0.891. The molecule has 0 amide bonds. The van der Waals surface area contributed by atoms with Crippen LogP contribution in [-0.2, 0) is 0 Å². The minimum Gasteiger partial charge on any atom is -0.373 e. The number of fused-ring (bicyclic) bond motifs is 1. The summed E-state index contributed by atoms with van der Waals surface area (Å²) in [7, 11) is 0. The monoisotopic (exact) mass is 173 g/mol. The summed E-state index contributed by atoms with van der Waals surface area (Å²) in [6.45, 7) is 0. The van der Waals surface area contributed by atoms with E-state index in [-0.39, 0.29) is 0 Å². The van der Waals surface area contributed by atoms with Crippen molar-refractivity contribution in [2.45, 2.75) is 6.10 Å². The third kappa shape index (κ3) is 1.25. The molecular weight excluding hydrogens is 166 g/mol. The zero-order valence-corrected chi connectivity index (χ0v) is 6.75. The predicted molar refractivity (Wildman–Crippen MR) is 45.8 cm³/mol. The third-order valence-electron chi connectivity index (χ3n) is 1.79. The van der Waals surface area contributed by atoms with E-state index in [0.717, 1.165) is 5.65 Å². The van der Waals surface area contributed by atoms with Gasteiger partial charge in [-0.1, -0.05) is 6.07 Å². The van der Waals surface area contributed by atoms with Gasteiger partial charge in [0.05, 0.1) is 0 Å². The number of rotatable bonds is 1. The molecule has 1 unspecified atom stereocenters. The Bertz CT molecular complexity index is 436. The Morgan fingerprint density at radius 1 is 1.54 bits per heavy atom. The quantitative estimate of drug-likeness (QED) is 0.651. The van der Waals surface area contributed by atoms with E-state index < -0.39 is 6.10 Å². The molecule has 1 N–H and O–H groups in total. The van der Waals surface area contributed by atoms with Crippen molar-refractivity contribution in [3.63, 3.8) is 0 Å². The van der Waals surface area contributed by atoms with E-state index >= 15 is 0 Å². The number of aromatic nitrogens is 2. The lowest BCUT2D eigenvalue weighted by Gasteiger charge is -1.91. The molecule has 2 aromatic heterocycles. The molecule has 0 aromatic carbocycles. The smallest absolute Gasteiger partial charge is 0.184 e. The van der Waals surface area contributed by atoms with Crippen LogP contribution in [0.3, 0.4) is 0 Å². The number of aliphatic hydroxyl groups excluding tert-OH is 1. The number of nitrogens with zero attached hydrogens (tertiary/aromatic N) is 3. The van der Waals surface area contributed by atoms with Crippen molar-refractivity contribution in [2.24, 2.45) is 0 Å². The maximum atomic E-state index is 9.19. The van der Waals surface area contributed by atoms with Crippen molar-refractivity contribution in [1.82, 2.24) is 9.38 Å². The van der Waals surface area contributed by atoms with Gasteiger partial charge in [0.2, 0.25) is 0 Å². The topological polar surface area (TPSA) is 61.3 Å². The van der Waals surface area contributed by atoms with Crippen LogP contribution in [0.2, 0.25) is 0 Å². The van der Waals surface area contributed by atoms with Gasteiger partial charge in [-0.15, -0.1) is 0 Å². The van der Waals surface area contributed by atoms with Crippen LogP contribution in [0.15, 0.2) is 30.6 Å². The molecule has 0 radical (unpaired) electrons. The minimum atomic E-state index is -1.14. The zero-order valence-electron chi connectivity index (χ0n) is 6.75. The molecule has 0 saturated carbocycles. The fourth-order valence-electron chi connectivity index (χ4n) is 1.15. The highest BCUT2D eigenvalue weighted by Crippen LogP contribution is 2.11. The van der Waals surface area contributed by atoms with E-state index in [1.54, 1.807) is 16.7 Å². The molecular formula is C9H7N3O. The summed E-state index contributed by atoms with van der Waals surface area (Å²) in [4.78, 5) is 4.07.